The quantitative estimate of drug-likeness (QED) is 0.811. The lowest BCUT2D eigenvalue weighted by Gasteiger charge is -2.17. The normalized spacial score (nSPS) is 22.8. The largest absolute Gasteiger partial charge is 0.496 e. The Morgan fingerprint density at radius 2 is 2.20 bits per heavy atom. The van der Waals surface area contributed by atoms with E-state index in [4.69, 9.17) is 10.5 Å². The number of carbonyl (C=O) groups is 1. The number of nitrogens with one attached hydrogen (secondary N) is 1. The smallest absolute Gasteiger partial charge is 0.257 e. The van der Waals surface area contributed by atoms with Crippen LogP contribution in [0.15, 0.2) is 18.2 Å². The highest BCUT2D eigenvalue weighted by Gasteiger charge is 2.35. The molecule has 1 saturated heterocycles. The molecule has 5 heteroatoms. The fraction of sp³-hybridized carbons (Fsp3) is 0.533. The lowest BCUT2D eigenvalue weighted by atomic mass is 10.1. The van der Waals surface area contributed by atoms with Gasteiger partial charge in [-0.15, -0.1) is 0 Å². The molecule has 0 spiro atoms. The van der Waals surface area contributed by atoms with E-state index in [1.807, 2.05) is 0 Å². The van der Waals surface area contributed by atoms with Crippen LogP contribution >= 0.6 is 0 Å². The van der Waals surface area contributed by atoms with E-state index < -0.39 is 0 Å². The first kappa shape index (κ1) is 13.2. The minimum absolute atomic E-state index is 0.136. The fourth-order valence-electron chi connectivity index (χ4n) is 2.90. The van der Waals surface area contributed by atoms with E-state index in [1.165, 1.54) is 12.8 Å². The van der Waals surface area contributed by atoms with Crippen LogP contribution in [0.5, 0.6) is 5.75 Å². The van der Waals surface area contributed by atoms with Crippen LogP contribution in [0.3, 0.4) is 0 Å². The second-order valence-corrected chi connectivity index (χ2v) is 5.61. The molecule has 1 saturated carbocycles. The van der Waals surface area contributed by atoms with Crippen molar-refractivity contribution in [3.8, 4) is 5.75 Å². The van der Waals surface area contributed by atoms with Gasteiger partial charge >= 0.3 is 0 Å². The number of hydrogen-bond donors (Lipinski definition) is 2. The Kier molecular flexibility index (Phi) is 3.53. The zero-order valence-corrected chi connectivity index (χ0v) is 11.8. The molecule has 1 amide bonds. The minimum Gasteiger partial charge on any atom is -0.496 e. The molecular formula is C15H21N3O2. The molecule has 20 heavy (non-hydrogen) atoms. The lowest BCUT2D eigenvalue weighted by Crippen LogP contribution is -2.37. The second kappa shape index (κ2) is 5.32. The van der Waals surface area contributed by atoms with Crippen LogP contribution < -0.4 is 15.8 Å². The Morgan fingerprint density at radius 1 is 1.40 bits per heavy atom. The van der Waals surface area contributed by atoms with E-state index in [1.54, 1.807) is 25.3 Å². The maximum Gasteiger partial charge on any atom is 0.257 e. The number of anilines is 1. The number of likely N-dealkylation sites (tertiary alicyclic amines) is 1. The molecule has 0 aromatic heterocycles. The van der Waals surface area contributed by atoms with Gasteiger partial charge in [0.1, 0.15) is 11.3 Å². The molecule has 1 atom stereocenters. The minimum atomic E-state index is -0.136. The van der Waals surface area contributed by atoms with Gasteiger partial charge in [0.15, 0.2) is 0 Å². The maximum absolute atomic E-state index is 12.4. The molecular weight excluding hydrogens is 254 g/mol. The molecule has 3 rings (SSSR count). The third-order valence-electron chi connectivity index (χ3n) is 4.12. The van der Waals surface area contributed by atoms with Crippen molar-refractivity contribution in [2.45, 2.75) is 31.3 Å². The van der Waals surface area contributed by atoms with E-state index in [0.29, 0.717) is 17.0 Å². The number of hydrogen-bond acceptors (Lipinski definition) is 4. The van der Waals surface area contributed by atoms with Gasteiger partial charge in [0.2, 0.25) is 0 Å². The van der Waals surface area contributed by atoms with Crippen LogP contribution in [-0.4, -0.2) is 43.1 Å². The van der Waals surface area contributed by atoms with Crippen molar-refractivity contribution in [1.82, 2.24) is 10.2 Å². The summed E-state index contributed by atoms with van der Waals surface area (Å²) in [5.74, 6) is 0.391. The molecule has 1 aromatic carbocycles. The van der Waals surface area contributed by atoms with Crippen LogP contribution in [0.4, 0.5) is 5.69 Å². The number of nitrogens with two attached hydrogens (primary N) is 1. The summed E-state index contributed by atoms with van der Waals surface area (Å²) in [6, 6.07) is 6.24. The summed E-state index contributed by atoms with van der Waals surface area (Å²) in [4.78, 5) is 14.9. The van der Waals surface area contributed by atoms with Crippen molar-refractivity contribution in [3.05, 3.63) is 23.8 Å². The number of amides is 1. The van der Waals surface area contributed by atoms with Crippen LogP contribution in [0.2, 0.25) is 0 Å². The number of ether oxygens (including phenoxy) is 1. The summed E-state index contributed by atoms with van der Waals surface area (Å²) >= 11 is 0. The van der Waals surface area contributed by atoms with Gasteiger partial charge in [-0.1, -0.05) is 6.07 Å². The molecule has 1 aliphatic heterocycles. The zero-order valence-electron chi connectivity index (χ0n) is 11.8. The highest BCUT2D eigenvalue weighted by molar-refractivity contribution is 6.02. The van der Waals surface area contributed by atoms with Crippen molar-refractivity contribution < 1.29 is 9.53 Å². The van der Waals surface area contributed by atoms with Crippen LogP contribution in [-0.2, 0) is 0 Å². The number of carbonyl (C=O) groups excluding carboxylic acids is 1. The molecule has 3 N–H and O–H groups in total. The number of rotatable bonds is 4. The molecule has 2 aliphatic rings. The summed E-state index contributed by atoms with van der Waals surface area (Å²) in [7, 11) is 1.55. The van der Waals surface area contributed by atoms with E-state index >= 15 is 0 Å². The molecule has 1 aliphatic carbocycles. The van der Waals surface area contributed by atoms with Crippen molar-refractivity contribution in [2.24, 2.45) is 0 Å². The van der Waals surface area contributed by atoms with Crippen molar-refractivity contribution in [2.75, 3.05) is 25.9 Å². The third kappa shape index (κ3) is 2.58. The van der Waals surface area contributed by atoms with Gasteiger partial charge in [0.25, 0.3) is 5.91 Å². The average molecular weight is 275 g/mol. The van der Waals surface area contributed by atoms with Gasteiger partial charge < -0.3 is 15.8 Å². The van der Waals surface area contributed by atoms with E-state index in [0.717, 1.165) is 25.6 Å². The summed E-state index contributed by atoms with van der Waals surface area (Å²) in [6.07, 6.45) is 3.62. The third-order valence-corrected chi connectivity index (χ3v) is 4.12. The van der Waals surface area contributed by atoms with E-state index in [2.05, 4.69) is 10.2 Å². The molecule has 2 fully saturated rings. The SMILES string of the molecule is COc1cccc(N)c1C(=O)NC1CCN(C2CC2)C1. The molecule has 108 valence electrons. The van der Waals surface area contributed by atoms with Crippen LogP contribution in [0.1, 0.15) is 29.6 Å². The topological polar surface area (TPSA) is 67.6 Å². The Labute approximate surface area is 119 Å². The number of nitrogen functional groups attached to an aromatic ring is 1. The number of methoxy groups -OCH3 is 1. The predicted molar refractivity (Wildman–Crippen MR) is 77.9 cm³/mol. The average Bonchev–Trinajstić information content (AvgIpc) is 3.19. The van der Waals surface area contributed by atoms with Crippen LogP contribution in [0.25, 0.3) is 0 Å². The Bertz CT molecular complexity index is 514. The summed E-state index contributed by atoms with van der Waals surface area (Å²) < 4.78 is 5.23. The molecule has 1 aromatic rings. The van der Waals surface area contributed by atoms with Gasteiger partial charge in [-0.2, -0.15) is 0 Å². The van der Waals surface area contributed by atoms with Crippen molar-refractivity contribution in [3.63, 3.8) is 0 Å². The summed E-state index contributed by atoms with van der Waals surface area (Å²) in [6.45, 7) is 2.03. The highest BCUT2D eigenvalue weighted by atomic mass is 16.5. The Hall–Kier alpha value is -1.75. The fourth-order valence-corrected chi connectivity index (χ4v) is 2.90. The first-order valence-corrected chi connectivity index (χ1v) is 7.16. The zero-order chi connectivity index (χ0) is 14.1. The molecule has 0 radical (unpaired) electrons. The summed E-state index contributed by atoms with van der Waals surface area (Å²) in [5, 5.41) is 3.08. The van der Waals surface area contributed by atoms with E-state index in [9.17, 15) is 4.79 Å². The molecule has 1 heterocycles. The maximum atomic E-state index is 12.4. The molecule has 5 nitrogen and oxygen atoms in total. The molecule has 0 bridgehead atoms. The van der Waals surface area contributed by atoms with Crippen LogP contribution in [0, 0.1) is 0 Å². The van der Waals surface area contributed by atoms with Crippen molar-refractivity contribution >= 4 is 11.6 Å². The van der Waals surface area contributed by atoms with Crippen molar-refractivity contribution in [1.29, 1.82) is 0 Å². The monoisotopic (exact) mass is 275 g/mol. The van der Waals surface area contributed by atoms with Gasteiger partial charge in [-0.3, -0.25) is 9.69 Å². The van der Waals surface area contributed by atoms with Gasteiger partial charge in [0.05, 0.1) is 7.11 Å². The second-order valence-electron chi connectivity index (χ2n) is 5.61. The number of nitrogens with zero attached hydrogens (tertiary/aromatic N) is 1. The predicted octanol–water partition coefficient (Wildman–Crippen LogP) is 1.24. The first-order chi connectivity index (χ1) is 9.69. The lowest BCUT2D eigenvalue weighted by molar-refractivity contribution is 0.0935. The highest BCUT2D eigenvalue weighted by Crippen LogP contribution is 2.30. The standard InChI is InChI=1S/C15H21N3O2/c1-20-13-4-2-3-12(16)14(13)15(19)17-10-7-8-18(9-10)11-5-6-11/h2-4,10-11H,5-9,16H2,1H3,(H,17,19). The van der Waals surface area contributed by atoms with Gasteiger partial charge in [-0.25, -0.2) is 0 Å². The van der Waals surface area contributed by atoms with Gasteiger partial charge in [0, 0.05) is 30.9 Å². The first-order valence-electron chi connectivity index (χ1n) is 7.16. The molecule has 1 unspecified atom stereocenters. The number of benzene rings is 1. The summed E-state index contributed by atoms with van der Waals surface area (Å²) in [5.41, 5.74) is 6.81. The van der Waals surface area contributed by atoms with E-state index in [-0.39, 0.29) is 11.9 Å². The van der Waals surface area contributed by atoms with Gasteiger partial charge in [-0.05, 0) is 31.4 Å². The Morgan fingerprint density at radius 3 is 2.90 bits per heavy atom. The Balaban J connectivity index is 1.67.